The van der Waals surface area contributed by atoms with Crippen LogP contribution in [0.1, 0.15) is 36.8 Å². The van der Waals surface area contributed by atoms with Gasteiger partial charge in [0.1, 0.15) is 17.3 Å². The Bertz CT molecular complexity index is 782. The Morgan fingerprint density at radius 1 is 1.27 bits per heavy atom. The van der Waals surface area contributed by atoms with Crippen LogP contribution in [-0.2, 0) is 6.54 Å². The predicted molar refractivity (Wildman–Crippen MR) is 99.7 cm³/mol. The molecular weight excluding hydrogens is 332 g/mol. The van der Waals surface area contributed by atoms with Gasteiger partial charge in [0, 0.05) is 18.7 Å². The molecular formula is C20H28N2O4. The number of likely N-dealkylation sites (tertiary alicyclic amines) is 1. The van der Waals surface area contributed by atoms with Crippen molar-refractivity contribution in [2.24, 2.45) is 0 Å². The number of methoxy groups -OCH3 is 2. The lowest BCUT2D eigenvalue weighted by atomic mass is 9.95. The lowest BCUT2D eigenvalue weighted by molar-refractivity contribution is -0.0185. The summed E-state index contributed by atoms with van der Waals surface area (Å²) in [6, 6.07) is 3.81. The first-order valence-corrected chi connectivity index (χ1v) is 8.97. The highest BCUT2D eigenvalue weighted by molar-refractivity contribution is 5.68. The fourth-order valence-corrected chi connectivity index (χ4v) is 3.69. The molecule has 1 unspecified atom stereocenters. The molecule has 1 aromatic heterocycles. The van der Waals surface area contributed by atoms with E-state index in [9.17, 15) is 5.11 Å². The monoisotopic (exact) mass is 360 g/mol. The lowest BCUT2D eigenvalue weighted by Gasteiger charge is -2.36. The maximum Gasteiger partial charge on any atom is 0.230 e. The van der Waals surface area contributed by atoms with E-state index in [0.717, 1.165) is 47.7 Å². The number of aliphatic hydroxyl groups is 1. The fraction of sp³-hybridized carbons (Fsp3) is 0.550. The third-order valence-corrected chi connectivity index (χ3v) is 5.03. The first-order chi connectivity index (χ1) is 12.3. The smallest absolute Gasteiger partial charge is 0.230 e. The number of oxazole rings is 1. The van der Waals surface area contributed by atoms with Crippen molar-refractivity contribution < 1.29 is 19.0 Å². The Labute approximate surface area is 154 Å². The molecule has 1 N–H and O–H groups in total. The van der Waals surface area contributed by atoms with Crippen LogP contribution in [0.25, 0.3) is 11.5 Å². The molecule has 26 heavy (non-hydrogen) atoms. The maximum atomic E-state index is 10.3. The van der Waals surface area contributed by atoms with Gasteiger partial charge in [-0.2, -0.15) is 0 Å². The topological polar surface area (TPSA) is 68.0 Å². The van der Waals surface area contributed by atoms with Crippen LogP contribution < -0.4 is 9.47 Å². The van der Waals surface area contributed by atoms with E-state index in [0.29, 0.717) is 24.7 Å². The number of ether oxygens (including phenoxy) is 2. The standard InChI is InChI=1S/C20H28N2O4/c1-13-17(24-4)8-7-15(18(13)25-5)19-21-16(14(2)26-19)11-22-10-6-9-20(3,23)12-22/h7-8,23H,6,9-12H2,1-5H3. The largest absolute Gasteiger partial charge is 0.496 e. The van der Waals surface area contributed by atoms with Crippen LogP contribution in [-0.4, -0.2) is 47.9 Å². The molecule has 6 nitrogen and oxygen atoms in total. The van der Waals surface area contributed by atoms with E-state index in [-0.39, 0.29) is 0 Å². The summed E-state index contributed by atoms with van der Waals surface area (Å²) in [6.07, 6.45) is 1.83. The summed E-state index contributed by atoms with van der Waals surface area (Å²) in [5, 5.41) is 10.3. The molecule has 1 aliphatic rings. The van der Waals surface area contributed by atoms with Crippen LogP contribution in [0.15, 0.2) is 16.5 Å². The number of benzene rings is 1. The van der Waals surface area contributed by atoms with E-state index in [4.69, 9.17) is 18.9 Å². The molecule has 1 aliphatic heterocycles. The number of β-amino-alcohol motifs (C(OH)–C–C–N with tert-alkyl or cyclic N) is 1. The Morgan fingerprint density at radius 2 is 2.04 bits per heavy atom. The van der Waals surface area contributed by atoms with Crippen molar-refractivity contribution in [3.05, 3.63) is 29.2 Å². The summed E-state index contributed by atoms with van der Waals surface area (Å²) in [4.78, 5) is 6.95. The van der Waals surface area contributed by atoms with E-state index < -0.39 is 5.60 Å². The van der Waals surface area contributed by atoms with Crippen LogP contribution in [0.2, 0.25) is 0 Å². The molecule has 0 radical (unpaired) electrons. The zero-order valence-electron chi connectivity index (χ0n) is 16.3. The van der Waals surface area contributed by atoms with E-state index in [1.807, 2.05) is 32.9 Å². The first kappa shape index (κ1) is 18.7. The molecule has 142 valence electrons. The summed E-state index contributed by atoms with van der Waals surface area (Å²) in [5.74, 6) is 2.81. The second-order valence-electron chi connectivity index (χ2n) is 7.31. The van der Waals surface area contributed by atoms with Crippen molar-refractivity contribution in [1.82, 2.24) is 9.88 Å². The fourth-order valence-electron chi connectivity index (χ4n) is 3.69. The molecule has 2 heterocycles. The van der Waals surface area contributed by atoms with Gasteiger partial charge < -0.3 is 19.0 Å². The van der Waals surface area contributed by atoms with Gasteiger partial charge in [0.2, 0.25) is 5.89 Å². The van der Waals surface area contributed by atoms with Crippen molar-refractivity contribution in [3.63, 3.8) is 0 Å². The Kier molecular flexibility index (Phi) is 5.25. The number of hydrogen-bond donors (Lipinski definition) is 1. The normalized spacial score (nSPS) is 21.0. The highest BCUT2D eigenvalue weighted by Gasteiger charge is 2.29. The minimum absolute atomic E-state index is 0.545. The molecule has 0 saturated carbocycles. The van der Waals surface area contributed by atoms with E-state index in [1.54, 1.807) is 14.2 Å². The van der Waals surface area contributed by atoms with Crippen molar-refractivity contribution in [3.8, 4) is 23.0 Å². The average molecular weight is 360 g/mol. The highest BCUT2D eigenvalue weighted by Crippen LogP contribution is 2.38. The zero-order chi connectivity index (χ0) is 18.9. The van der Waals surface area contributed by atoms with E-state index >= 15 is 0 Å². The number of aryl methyl sites for hydroxylation is 1. The first-order valence-electron chi connectivity index (χ1n) is 8.97. The van der Waals surface area contributed by atoms with E-state index in [1.165, 1.54) is 0 Å². The van der Waals surface area contributed by atoms with Gasteiger partial charge in [-0.3, -0.25) is 4.90 Å². The number of hydrogen-bond acceptors (Lipinski definition) is 6. The number of rotatable bonds is 5. The SMILES string of the molecule is COc1ccc(-c2nc(CN3CCCC(C)(O)C3)c(C)o2)c(OC)c1C. The predicted octanol–water partition coefficient (Wildman–Crippen LogP) is 3.32. The van der Waals surface area contributed by atoms with Gasteiger partial charge >= 0.3 is 0 Å². The highest BCUT2D eigenvalue weighted by atomic mass is 16.5. The molecule has 1 aromatic carbocycles. The van der Waals surface area contributed by atoms with Gasteiger partial charge in [0.25, 0.3) is 0 Å². The lowest BCUT2D eigenvalue weighted by Crippen LogP contribution is -2.45. The van der Waals surface area contributed by atoms with Crippen LogP contribution in [0.3, 0.4) is 0 Å². The molecule has 0 spiro atoms. The van der Waals surface area contributed by atoms with Gasteiger partial charge in [-0.15, -0.1) is 0 Å². The van der Waals surface area contributed by atoms with Crippen molar-refractivity contribution in [1.29, 1.82) is 0 Å². The molecule has 2 aromatic rings. The van der Waals surface area contributed by atoms with Crippen molar-refractivity contribution >= 4 is 0 Å². The molecule has 1 atom stereocenters. The minimum Gasteiger partial charge on any atom is -0.496 e. The van der Waals surface area contributed by atoms with Gasteiger partial charge in [-0.25, -0.2) is 4.98 Å². The van der Waals surface area contributed by atoms with Crippen LogP contribution in [0.5, 0.6) is 11.5 Å². The number of piperidine rings is 1. The van der Waals surface area contributed by atoms with Gasteiger partial charge in [-0.05, 0) is 52.3 Å². The van der Waals surface area contributed by atoms with Crippen molar-refractivity contribution in [2.45, 2.75) is 45.8 Å². The van der Waals surface area contributed by atoms with Crippen molar-refractivity contribution in [2.75, 3.05) is 27.3 Å². The summed E-state index contributed by atoms with van der Waals surface area (Å²) in [7, 11) is 3.28. The van der Waals surface area contributed by atoms with Crippen LogP contribution in [0, 0.1) is 13.8 Å². The molecule has 1 saturated heterocycles. The summed E-state index contributed by atoms with van der Waals surface area (Å²) >= 11 is 0. The second kappa shape index (κ2) is 7.29. The van der Waals surface area contributed by atoms with Gasteiger partial charge in [0.15, 0.2) is 0 Å². The minimum atomic E-state index is -0.630. The Balaban J connectivity index is 1.88. The molecule has 1 fully saturated rings. The van der Waals surface area contributed by atoms with Crippen LogP contribution in [0.4, 0.5) is 0 Å². The maximum absolute atomic E-state index is 10.3. The Morgan fingerprint density at radius 3 is 2.69 bits per heavy atom. The van der Waals surface area contributed by atoms with Gasteiger partial charge in [-0.1, -0.05) is 0 Å². The molecule has 0 aliphatic carbocycles. The van der Waals surface area contributed by atoms with Gasteiger partial charge in [0.05, 0.1) is 31.1 Å². The van der Waals surface area contributed by atoms with Crippen LogP contribution >= 0.6 is 0 Å². The molecule has 3 rings (SSSR count). The summed E-state index contributed by atoms with van der Waals surface area (Å²) < 4.78 is 16.9. The number of aromatic nitrogens is 1. The van der Waals surface area contributed by atoms with E-state index in [2.05, 4.69) is 4.90 Å². The molecule has 0 amide bonds. The quantitative estimate of drug-likeness (QED) is 0.882. The third-order valence-electron chi connectivity index (χ3n) is 5.03. The molecule has 6 heteroatoms. The second-order valence-corrected chi connectivity index (χ2v) is 7.31. The number of nitrogens with zero attached hydrogens (tertiary/aromatic N) is 2. The summed E-state index contributed by atoms with van der Waals surface area (Å²) in [6.45, 7) is 8.06. The summed E-state index contributed by atoms with van der Waals surface area (Å²) in [5.41, 5.74) is 1.99. The zero-order valence-corrected chi connectivity index (χ0v) is 16.3. The molecule has 0 bridgehead atoms. The third kappa shape index (κ3) is 3.71. The Hall–Kier alpha value is -2.05. The average Bonchev–Trinajstić information content (AvgIpc) is 2.94.